The maximum atomic E-state index is 11.4. The zero-order chi connectivity index (χ0) is 10.6. The fourth-order valence-corrected chi connectivity index (χ4v) is 0.791. The Labute approximate surface area is 83.0 Å². The molecule has 5 nitrogen and oxygen atoms in total. The highest BCUT2D eigenvalue weighted by atomic mass is 16.7. The van der Waals surface area contributed by atoms with Crippen LogP contribution in [0, 0.1) is 0 Å². The van der Waals surface area contributed by atoms with Crippen LogP contribution in [0.4, 0.5) is 4.79 Å². The maximum absolute atomic E-state index is 11.4. The lowest BCUT2D eigenvalue weighted by Gasteiger charge is -2.24. The van der Waals surface area contributed by atoms with Gasteiger partial charge in [0.2, 0.25) is 0 Å². The van der Waals surface area contributed by atoms with Gasteiger partial charge in [-0.25, -0.2) is 4.79 Å². The summed E-state index contributed by atoms with van der Waals surface area (Å²) < 4.78 is 5.10. The van der Waals surface area contributed by atoms with Gasteiger partial charge in [0.25, 0.3) is 0 Å². The summed E-state index contributed by atoms with van der Waals surface area (Å²) in [5, 5.41) is 1.10. The van der Waals surface area contributed by atoms with Gasteiger partial charge in [0, 0.05) is 6.21 Å². The van der Waals surface area contributed by atoms with E-state index >= 15 is 0 Å². The number of carbonyl (C=O) groups is 1. The van der Waals surface area contributed by atoms with Crippen molar-refractivity contribution in [2.24, 2.45) is 4.99 Å². The number of aliphatic imine (C=N–C) groups is 1. The van der Waals surface area contributed by atoms with E-state index in [0.717, 1.165) is 5.06 Å². The van der Waals surface area contributed by atoms with Crippen molar-refractivity contribution in [3.63, 3.8) is 0 Å². The molecule has 1 rings (SSSR count). The Morgan fingerprint density at radius 2 is 2.29 bits per heavy atom. The van der Waals surface area contributed by atoms with E-state index in [-0.39, 0.29) is 6.54 Å². The summed E-state index contributed by atoms with van der Waals surface area (Å²) in [4.78, 5) is 20.2. The zero-order valence-electron chi connectivity index (χ0n) is 8.56. The van der Waals surface area contributed by atoms with Crippen molar-refractivity contribution < 1.29 is 14.4 Å². The molecule has 1 heterocycles. The number of ether oxygens (including phenoxy) is 1. The first kappa shape index (κ1) is 10.6. The van der Waals surface area contributed by atoms with Crippen molar-refractivity contribution in [3.05, 3.63) is 12.5 Å². The third-order valence-electron chi connectivity index (χ3n) is 1.29. The molecule has 14 heavy (non-hydrogen) atoms. The van der Waals surface area contributed by atoms with Crippen LogP contribution in [0.3, 0.4) is 0 Å². The molecule has 0 spiro atoms. The Balaban J connectivity index is 2.52. The van der Waals surface area contributed by atoms with Crippen LogP contribution in [0.1, 0.15) is 20.8 Å². The number of hydroxylamine groups is 2. The number of hydrogen-bond acceptors (Lipinski definition) is 4. The maximum Gasteiger partial charge on any atom is 0.444 e. The van der Waals surface area contributed by atoms with Gasteiger partial charge in [0.05, 0.1) is 12.7 Å². The fraction of sp³-hybridized carbons (Fsp3) is 0.556. The molecule has 0 radical (unpaired) electrons. The summed E-state index contributed by atoms with van der Waals surface area (Å²) >= 11 is 0. The molecule has 0 fully saturated rings. The van der Waals surface area contributed by atoms with E-state index in [1.54, 1.807) is 27.0 Å². The van der Waals surface area contributed by atoms with Gasteiger partial charge in [0.15, 0.2) is 0 Å². The molecule has 1 aliphatic heterocycles. The molecule has 0 N–H and O–H groups in total. The topological polar surface area (TPSA) is 51.1 Å². The van der Waals surface area contributed by atoms with Crippen LogP contribution in [0.15, 0.2) is 17.5 Å². The highest BCUT2D eigenvalue weighted by Gasteiger charge is 2.22. The Bertz CT molecular complexity index is 252. The van der Waals surface area contributed by atoms with Crippen molar-refractivity contribution in [1.82, 2.24) is 5.06 Å². The van der Waals surface area contributed by atoms with Crippen LogP contribution >= 0.6 is 0 Å². The van der Waals surface area contributed by atoms with E-state index in [1.807, 2.05) is 0 Å². The smallest absolute Gasteiger partial charge is 0.442 e. The molecule has 1 aliphatic rings. The van der Waals surface area contributed by atoms with Crippen LogP contribution in [0.25, 0.3) is 0 Å². The summed E-state index contributed by atoms with van der Waals surface area (Å²) in [6.07, 6.45) is 3.83. The number of rotatable bonds is 0. The Hall–Kier alpha value is -1.52. The first-order valence-corrected chi connectivity index (χ1v) is 4.33. The van der Waals surface area contributed by atoms with Crippen molar-refractivity contribution in [3.8, 4) is 0 Å². The van der Waals surface area contributed by atoms with E-state index in [9.17, 15) is 4.79 Å². The molecular weight excluding hydrogens is 184 g/mol. The summed E-state index contributed by atoms with van der Waals surface area (Å²) in [6, 6.07) is 0. The van der Waals surface area contributed by atoms with Gasteiger partial charge in [-0.3, -0.25) is 4.99 Å². The van der Waals surface area contributed by atoms with E-state index in [4.69, 9.17) is 9.57 Å². The second-order valence-corrected chi connectivity index (χ2v) is 3.76. The van der Waals surface area contributed by atoms with Crippen LogP contribution in [0.5, 0.6) is 0 Å². The quantitative estimate of drug-likeness (QED) is 0.595. The minimum atomic E-state index is -0.520. The number of nitrogens with zero attached hydrogens (tertiary/aromatic N) is 2. The summed E-state index contributed by atoms with van der Waals surface area (Å²) in [5.41, 5.74) is -0.520. The average Bonchev–Trinajstić information content (AvgIpc) is 2.27. The van der Waals surface area contributed by atoms with E-state index in [1.165, 1.54) is 12.5 Å². The normalized spacial score (nSPS) is 16.1. The van der Waals surface area contributed by atoms with Gasteiger partial charge < -0.3 is 9.57 Å². The van der Waals surface area contributed by atoms with E-state index in [0.29, 0.717) is 0 Å². The fourth-order valence-electron chi connectivity index (χ4n) is 0.791. The molecule has 0 atom stereocenters. The first-order chi connectivity index (χ1) is 6.49. The van der Waals surface area contributed by atoms with Crippen LogP contribution in [-0.2, 0) is 9.57 Å². The highest BCUT2D eigenvalue weighted by Crippen LogP contribution is 2.10. The Morgan fingerprint density at radius 1 is 1.57 bits per heavy atom. The lowest BCUT2D eigenvalue weighted by molar-refractivity contribution is -0.0915. The van der Waals surface area contributed by atoms with Gasteiger partial charge in [-0.05, 0) is 20.8 Å². The van der Waals surface area contributed by atoms with Gasteiger partial charge in [-0.2, -0.15) is 0 Å². The third-order valence-corrected chi connectivity index (χ3v) is 1.29. The second kappa shape index (κ2) is 4.13. The van der Waals surface area contributed by atoms with Crippen LogP contribution < -0.4 is 0 Å². The predicted molar refractivity (Wildman–Crippen MR) is 51.7 cm³/mol. The van der Waals surface area contributed by atoms with Crippen molar-refractivity contribution >= 4 is 12.3 Å². The molecular formula is C9H14N2O3. The molecule has 0 aliphatic carbocycles. The summed E-state index contributed by atoms with van der Waals surface area (Å²) in [6.45, 7) is 5.67. The van der Waals surface area contributed by atoms with Crippen molar-refractivity contribution in [1.29, 1.82) is 0 Å². The molecule has 78 valence electrons. The Kier molecular flexibility index (Phi) is 3.11. The monoisotopic (exact) mass is 198 g/mol. The molecule has 0 bridgehead atoms. The largest absolute Gasteiger partial charge is 0.444 e. The SMILES string of the molecule is CC(C)(C)OC(=O)N1CC=NC=CO1. The molecule has 0 unspecified atom stereocenters. The molecule has 0 saturated carbocycles. The van der Waals surface area contributed by atoms with Gasteiger partial charge in [-0.15, -0.1) is 5.06 Å². The number of hydrogen-bond donors (Lipinski definition) is 0. The minimum Gasteiger partial charge on any atom is -0.442 e. The minimum absolute atomic E-state index is 0.280. The average molecular weight is 198 g/mol. The first-order valence-electron chi connectivity index (χ1n) is 4.33. The van der Waals surface area contributed by atoms with Crippen LogP contribution in [0.2, 0.25) is 0 Å². The predicted octanol–water partition coefficient (Wildman–Crippen LogP) is 1.71. The zero-order valence-corrected chi connectivity index (χ0v) is 8.56. The van der Waals surface area contributed by atoms with E-state index in [2.05, 4.69) is 4.99 Å². The molecule has 0 aromatic rings. The lowest BCUT2D eigenvalue weighted by atomic mass is 10.2. The molecule has 0 aromatic carbocycles. The van der Waals surface area contributed by atoms with Gasteiger partial charge in [0.1, 0.15) is 11.9 Å². The third kappa shape index (κ3) is 3.47. The summed E-state index contributed by atoms with van der Waals surface area (Å²) in [5.74, 6) is 0. The summed E-state index contributed by atoms with van der Waals surface area (Å²) in [7, 11) is 0. The molecule has 0 aromatic heterocycles. The molecule has 5 heteroatoms. The molecule has 1 amide bonds. The Morgan fingerprint density at radius 3 is 2.93 bits per heavy atom. The van der Waals surface area contributed by atoms with Crippen molar-refractivity contribution in [2.75, 3.05) is 6.54 Å². The van der Waals surface area contributed by atoms with Crippen molar-refractivity contribution in [2.45, 2.75) is 26.4 Å². The van der Waals surface area contributed by atoms with Gasteiger partial charge in [-0.1, -0.05) is 0 Å². The number of amides is 1. The van der Waals surface area contributed by atoms with Gasteiger partial charge >= 0.3 is 6.09 Å². The van der Waals surface area contributed by atoms with Crippen LogP contribution in [-0.4, -0.2) is 29.5 Å². The molecule has 0 saturated heterocycles. The van der Waals surface area contributed by atoms with E-state index < -0.39 is 11.7 Å². The second-order valence-electron chi connectivity index (χ2n) is 3.76. The standard InChI is InChI=1S/C9H14N2O3/c1-9(2,3)14-8(12)11-6-4-10-5-7-13-11/h4-5,7H,6H2,1-3H3. The number of carbonyl (C=O) groups excluding carboxylic acids is 1. The lowest BCUT2D eigenvalue weighted by Crippen LogP contribution is -2.36. The highest BCUT2D eigenvalue weighted by molar-refractivity contribution is 5.72.